The van der Waals surface area contributed by atoms with E-state index in [1.54, 1.807) is 18.3 Å². The van der Waals surface area contributed by atoms with E-state index in [1.807, 2.05) is 4.90 Å². The Hall–Kier alpha value is -2.77. The van der Waals surface area contributed by atoms with Crippen LogP contribution in [0, 0.1) is 5.92 Å². The fourth-order valence-corrected chi connectivity index (χ4v) is 2.90. The third-order valence-electron chi connectivity index (χ3n) is 4.31. The van der Waals surface area contributed by atoms with Gasteiger partial charge in [0.15, 0.2) is 0 Å². The van der Waals surface area contributed by atoms with E-state index in [9.17, 15) is 19.2 Å². The van der Waals surface area contributed by atoms with E-state index < -0.39 is 17.9 Å². The topological polar surface area (TPSA) is 108 Å². The van der Waals surface area contributed by atoms with Crippen LogP contribution in [0.15, 0.2) is 18.3 Å². The van der Waals surface area contributed by atoms with Crippen LogP contribution in [0.25, 0.3) is 0 Å². The highest BCUT2D eigenvalue weighted by atomic mass is 16.2. The molecule has 0 spiro atoms. The van der Waals surface area contributed by atoms with Gasteiger partial charge in [-0.2, -0.15) is 0 Å². The van der Waals surface area contributed by atoms with Gasteiger partial charge < -0.3 is 15.0 Å². The third kappa shape index (κ3) is 3.42. The van der Waals surface area contributed by atoms with Crippen molar-refractivity contribution in [2.75, 3.05) is 18.0 Å². The Kier molecular flexibility index (Phi) is 4.54. The van der Waals surface area contributed by atoms with Gasteiger partial charge in [0.2, 0.25) is 11.8 Å². The molecule has 126 valence electrons. The van der Waals surface area contributed by atoms with Crippen LogP contribution < -0.4 is 15.5 Å². The molecule has 0 aliphatic carbocycles. The molecule has 2 aliphatic heterocycles. The highest BCUT2D eigenvalue weighted by Crippen LogP contribution is 2.22. The largest absolute Gasteiger partial charge is 0.370 e. The molecule has 2 N–H and O–H groups in total. The lowest BCUT2D eigenvalue weighted by Crippen LogP contribution is -2.52. The van der Waals surface area contributed by atoms with Crippen LogP contribution in [0.4, 0.5) is 5.69 Å². The fourth-order valence-electron chi connectivity index (χ4n) is 2.90. The molecule has 0 saturated carbocycles. The highest BCUT2D eigenvalue weighted by molar-refractivity contribution is 6.03. The maximum absolute atomic E-state index is 12.2. The minimum Gasteiger partial charge on any atom is -0.370 e. The molecular weight excluding hydrogens is 312 g/mol. The summed E-state index contributed by atoms with van der Waals surface area (Å²) < 4.78 is 0. The Balaban J connectivity index is 1.61. The maximum Gasteiger partial charge on any atom is 0.270 e. The Morgan fingerprint density at radius 1 is 1.33 bits per heavy atom. The monoisotopic (exact) mass is 330 g/mol. The average Bonchev–Trinajstić information content (AvgIpc) is 3.06. The molecule has 2 unspecified atom stereocenters. The van der Waals surface area contributed by atoms with Gasteiger partial charge in [-0.1, -0.05) is 0 Å². The van der Waals surface area contributed by atoms with Gasteiger partial charge >= 0.3 is 0 Å². The number of nitrogens with one attached hydrogen (secondary N) is 2. The molecule has 24 heavy (non-hydrogen) atoms. The van der Waals surface area contributed by atoms with Gasteiger partial charge in [0.05, 0.1) is 11.9 Å². The van der Waals surface area contributed by atoms with E-state index in [4.69, 9.17) is 0 Å². The van der Waals surface area contributed by atoms with Crippen molar-refractivity contribution in [2.45, 2.75) is 25.3 Å². The van der Waals surface area contributed by atoms with Crippen LogP contribution >= 0.6 is 0 Å². The van der Waals surface area contributed by atoms with Crippen LogP contribution in [0.5, 0.6) is 0 Å². The number of piperidine rings is 1. The smallest absolute Gasteiger partial charge is 0.270 e. The van der Waals surface area contributed by atoms with E-state index >= 15 is 0 Å². The van der Waals surface area contributed by atoms with Crippen LogP contribution in [0.3, 0.4) is 0 Å². The van der Waals surface area contributed by atoms with Gasteiger partial charge in [0.25, 0.3) is 5.91 Å². The summed E-state index contributed by atoms with van der Waals surface area (Å²) in [5.41, 5.74) is 1.06. The number of hydrogen-bond donors (Lipinski definition) is 2. The van der Waals surface area contributed by atoms with Crippen molar-refractivity contribution in [3.63, 3.8) is 0 Å². The molecule has 3 heterocycles. The van der Waals surface area contributed by atoms with Crippen LogP contribution in [-0.2, 0) is 14.4 Å². The number of rotatable bonds is 4. The van der Waals surface area contributed by atoms with Crippen molar-refractivity contribution in [2.24, 2.45) is 5.92 Å². The molecule has 3 rings (SSSR count). The summed E-state index contributed by atoms with van der Waals surface area (Å²) in [6.45, 7) is 1.44. The number of nitrogens with zero attached hydrogens (tertiary/aromatic N) is 2. The van der Waals surface area contributed by atoms with E-state index in [1.165, 1.54) is 0 Å². The number of aromatic nitrogens is 1. The molecule has 2 atom stereocenters. The van der Waals surface area contributed by atoms with Crippen molar-refractivity contribution >= 4 is 29.7 Å². The van der Waals surface area contributed by atoms with Gasteiger partial charge in [0.1, 0.15) is 18.0 Å². The zero-order chi connectivity index (χ0) is 17.1. The lowest BCUT2D eigenvalue weighted by molar-refractivity contribution is -0.134. The Morgan fingerprint density at radius 3 is 2.79 bits per heavy atom. The third-order valence-corrected chi connectivity index (χ3v) is 4.31. The normalized spacial score (nSPS) is 23.8. The molecule has 2 fully saturated rings. The Labute approximate surface area is 138 Å². The Bertz CT molecular complexity index is 673. The summed E-state index contributed by atoms with van der Waals surface area (Å²) >= 11 is 0. The second kappa shape index (κ2) is 6.77. The molecule has 0 bridgehead atoms. The highest BCUT2D eigenvalue weighted by Gasteiger charge is 2.28. The molecule has 0 radical (unpaired) electrons. The first-order valence-electron chi connectivity index (χ1n) is 7.87. The summed E-state index contributed by atoms with van der Waals surface area (Å²) in [6, 6.07) is 2.65. The second-order valence-electron chi connectivity index (χ2n) is 6.01. The molecule has 2 aliphatic rings. The SMILES string of the molecule is O=CC1CCN(c2ccc(C(=O)NC3CCC(=O)NC3=O)nc2)C1. The average molecular weight is 330 g/mol. The van der Waals surface area contributed by atoms with E-state index in [-0.39, 0.29) is 30.4 Å². The first-order valence-corrected chi connectivity index (χ1v) is 7.87. The van der Waals surface area contributed by atoms with Crippen molar-refractivity contribution in [3.05, 3.63) is 24.0 Å². The van der Waals surface area contributed by atoms with Crippen LogP contribution in [-0.4, -0.2) is 48.1 Å². The van der Waals surface area contributed by atoms with Gasteiger partial charge in [-0.05, 0) is 25.0 Å². The Morgan fingerprint density at radius 2 is 2.17 bits per heavy atom. The van der Waals surface area contributed by atoms with E-state index in [2.05, 4.69) is 15.6 Å². The predicted octanol–water partition coefficient (Wildman–Crippen LogP) is -0.358. The molecule has 0 aromatic carbocycles. The summed E-state index contributed by atoms with van der Waals surface area (Å²) in [4.78, 5) is 51.9. The first-order chi connectivity index (χ1) is 11.6. The first kappa shape index (κ1) is 16.1. The number of anilines is 1. The van der Waals surface area contributed by atoms with Gasteiger partial charge in [-0.25, -0.2) is 4.98 Å². The number of amides is 3. The minimum absolute atomic E-state index is 0.0421. The predicted molar refractivity (Wildman–Crippen MR) is 84.3 cm³/mol. The number of imide groups is 1. The molecule has 8 nitrogen and oxygen atoms in total. The van der Waals surface area contributed by atoms with Crippen molar-refractivity contribution < 1.29 is 19.2 Å². The zero-order valence-electron chi connectivity index (χ0n) is 13.0. The lowest BCUT2D eigenvalue weighted by atomic mass is 10.1. The summed E-state index contributed by atoms with van der Waals surface area (Å²) in [5.74, 6) is -1.23. The molecule has 1 aromatic heterocycles. The standard InChI is InChI=1S/C16H18N4O4/c21-9-10-5-6-20(8-10)11-1-2-12(17-7-11)15(23)18-13-3-4-14(22)19-16(13)24/h1-2,7,9-10,13H,3-6,8H2,(H,18,23)(H,19,22,24). The number of aldehydes is 1. The molecule has 3 amide bonds. The van der Waals surface area contributed by atoms with E-state index in [0.29, 0.717) is 6.54 Å². The molecule has 1 aromatic rings. The number of carbonyl (C=O) groups is 4. The number of carbonyl (C=O) groups excluding carboxylic acids is 4. The van der Waals surface area contributed by atoms with Crippen LogP contribution in [0.1, 0.15) is 29.8 Å². The van der Waals surface area contributed by atoms with Gasteiger partial charge in [0, 0.05) is 25.4 Å². The number of pyridine rings is 1. The molecule has 8 heteroatoms. The van der Waals surface area contributed by atoms with Crippen molar-refractivity contribution in [1.82, 2.24) is 15.6 Å². The second-order valence-corrected chi connectivity index (χ2v) is 6.01. The molecular formula is C16H18N4O4. The maximum atomic E-state index is 12.2. The van der Waals surface area contributed by atoms with Gasteiger partial charge in [-0.15, -0.1) is 0 Å². The molecule has 2 saturated heterocycles. The number of hydrogen-bond acceptors (Lipinski definition) is 6. The van der Waals surface area contributed by atoms with Crippen molar-refractivity contribution in [3.8, 4) is 0 Å². The van der Waals surface area contributed by atoms with Crippen LogP contribution in [0.2, 0.25) is 0 Å². The van der Waals surface area contributed by atoms with Gasteiger partial charge in [-0.3, -0.25) is 19.7 Å². The zero-order valence-corrected chi connectivity index (χ0v) is 13.0. The summed E-state index contributed by atoms with van der Waals surface area (Å²) in [7, 11) is 0. The van der Waals surface area contributed by atoms with E-state index in [0.717, 1.165) is 24.9 Å². The summed E-state index contributed by atoms with van der Waals surface area (Å²) in [6.07, 6.45) is 3.87. The lowest BCUT2D eigenvalue weighted by Gasteiger charge is -2.22. The quantitative estimate of drug-likeness (QED) is 0.577. The minimum atomic E-state index is -0.719. The fraction of sp³-hybridized carbons (Fsp3) is 0.438. The van der Waals surface area contributed by atoms with Crippen molar-refractivity contribution in [1.29, 1.82) is 0 Å². The summed E-state index contributed by atoms with van der Waals surface area (Å²) in [5, 5.41) is 4.78.